The van der Waals surface area contributed by atoms with Crippen LogP contribution in [0.15, 0.2) is 18.2 Å². The zero-order chi connectivity index (χ0) is 17.5. The van der Waals surface area contributed by atoms with Crippen molar-refractivity contribution in [1.82, 2.24) is 0 Å². The van der Waals surface area contributed by atoms with Crippen molar-refractivity contribution in [3.63, 3.8) is 0 Å². The molecule has 25 heavy (non-hydrogen) atoms. The van der Waals surface area contributed by atoms with E-state index in [1.165, 1.54) is 0 Å². The highest BCUT2D eigenvalue weighted by molar-refractivity contribution is 5.94. The minimum atomic E-state index is -0.650. The Hall–Kier alpha value is -2.19. The number of carbonyl (C=O) groups excluding carboxylic acids is 1. The lowest BCUT2D eigenvalue weighted by atomic mass is 10.1. The molecule has 1 heterocycles. The summed E-state index contributed by atoms with van der Waals surface area (Å²) >= 11 is 0. The highest BCUT2D eigenvalue weighted by Crippen LogP contribution is 2.27. The number of methoxy groups -OCH3 is 1. The molecule has 8 heteroatoms. The second-order valence-corrected chi connectivity index (χ2v) is 5.50. The second-order valence-electron chi connectivity index (χ2n) is 5.50. The highest BCUT2D eigenvalue weighted by Gasteiger charge is 2.29. The fraction of sp³-hybridized carbons (Fsp3) is 0.529. The molecule has 0 atom stereocenters. The summed E-state index contributed by atoms with van der Waals surface area (Å²) in [6, 6.07) is 4.96. The van der Waals surface area contributed by atoms with E-state index in [1.807, 2.05) is 4.90 Å². The Bertz CT molecular complexity index is 591. The quantitative estimate of drug-likeness (QED) is 0.303. The number of benzene rings is 1. The third-order valence-electron chi connectivity index (χ3n) is 3.61. The summed E-state index contributed by atoms with van der Waals surface area (Å²) in [5.74, 6) is -1.35. The van der Waals surface area contributed by atoms with Crippen LogP contribution in [0.4, 0.5) is 10.1 Å². The van der Waals surface area contributed by atoms with Crippen LogP contribution in [0.3, 0.4) is 0 Å². The Morgan fingerprint density at radius 1 is 1.40 bits per heavy atom. The number of rotatable bonds is 9. The smallest absolute Gasteiger partial charge is 0.313 e. The Morgan fingerprint density at radius 3 is 2.76 bits per heavy atom. The Balaban J connectivity index is 0.00000312. The molecule has 1 fully saturated rings. The first kappa shape index (κ1) is 20.9. The summed E-state index contributed by atoms with van der Waals surface area (Å²) in [5.41, 5.74) is 5.87. The van der Waals surface area contributed by atoms with Crippen LogP contribution in [-0.2, 0) is 25.6 Å². The highest BCUT2D eigenvalue weighted by atomic mass is 19.1. The summed E-state index contributed by atoms with van der Waals surface area (Å²) in [4.78, 5) is 13.3. The van der Waals surface area contributed by atoms with Crippen molar-refractivity contribution in [3.8, 4) is 0 Å². The van der Waals surface area contributed by atoms with Crippen LogP contribution in [-0.4, -0.2) is 51.3 Å². The van der Waals surface area contributed by atoms with Crippen LogP contribution in [0, 0.1) is 11.2 Å². The number of nitrogens with zero attached hydrogens (tertiary/aromatic N) is 1. The van der Waals surface area contributed by atoms with E-state index in [4.69, 9.17) is 25.4 Å². The van der Waals surface area contributed by atoms with Crippen molar-refractivity contribution in [2.24, 2.45) is 5.73 Å². The maximum absolute atomic E-state index is 14.5. The predicted octanol–water partition coefficient (Wildman–Crippen LogP) is 1.68. The van der Waals surface area contributed by atoms with Crippen LogP contribution in [0.1, 0.15) is 19.4 Å². The van der Waals surface area contributed by atoms with E-state index in [9.17, 15) is 9.18 Å². The normalized spacial score (nSPS) is 13.8. The van der Waals surface area contributed by atoms with Gasteiger partial charge < -0.3 is 24.8 Å². The molecule has 1 aromatic carbocycles. The van der Waals surface area contributed by atoms with Crippen molar-refractivity contribution < 1.29 is 23.4 Å². The summed E-state index contributed by atoms with van der Waals surface area (Å²) < 4.78 is 29.9. The van der Waals surface area contributed by atoms with Gasteiger partial charge in [-0.05, 0) is 6.07 Å². The van der Waals surface area contributed by atoms with Gasteiger partial charge in [0, 0.05) is 25.8 Å². The minimum Gasteiger partial charge on any atom is -0.460 e. The molecule has 0 spiro atoms. The third kappa shape index (κ3) is 5.99. The number of esters is 1. The molecular weight excluding hydrogens is 329 g/mol. The van der Waals surface area contributed by atoms with Crippen LogP contribution < -0.4 is 10.6 Å². The fourth-order valence-corrected chi connectivity index (χ4v) is 2.33. The summed E-state index contributed by atoms with van der Waals surface area (Å²) in [7, 11) is 1.61. The van der Waals surface area contributed by atoms with Gasteiger partial charge in [0.15, 0.2) is 5.82 Å². The lowest BCUT2D eigenvalue weighted by Crippen LogP contribution is -2.53. The monoisotopic (exact) mass is 355 g/mol. The minimum absolute atomic E-state index is 0. The summed E-state index contributed by atoms with van der Waals surface area (Å²) in [5, 5.41) is 7.03. The molecule has 1 saturated heterocycles. The van der Waals surface area contributed by atoms with Gasteiger partial charge in [-0.2, -0.15) is 0 Å². The van der Waals surface area contributed by atoms with Crippen LogP contribution in [0.5, 0.6) is 0 Å². The average molecular weight is 355 g/mol. The Labute approximate surface area is 147 Å². The molecule has 140 valence electrons. The van der Waals surface area contributed by atoms with Crippen LogP contribution in [0.25, 0.3) is 0 Å². The van der Waals surface area contributed by atoms with Gasteiger partial charge in [0.1, 0.15) is 18.9 Å². The lowest BCUT2D eigenvalue weighted by molar-refractivity contribution is -0.143. The largest absolute Gasteiger partial charge is 0.460 e. The van der Waals surface area contributed by atoms with Gasteiger partial charge in [0.05, 0.1) is 25.0 Å². The Kier molecular flexibility index (Phi) is 8.30. The van der Waals surface area contributed by atoms with Gasteiger partial charge in [-0.1, -0.05) is 19.6 Å². The fourth-order valence-electron chi connectivity index (χ4n) is 2.33. The molecule has 2 rings (SSSR count). The van der Waals surface area contributed by atoms with Crippen LogP contribution in [0.2, 0.25) is 0 Å². The van der Waals surface area contributed by atoms with Crippen molar-refractivity contribution in [3.05, 3.63) is 29.6 Å². The summed E-state index contributed by atoms with van der Waals surface area (Å²) in [6.45, 7) is 2.07. The van der Waals surface area contributed by atoms with Gasteiger partial charge in [-0.3, -0.25) is 10.2 Å². The van der Waals surface area contributed by atoms with E-state index in [0.717, 1.165) is 0 Å². The first-order valence-electron chi connectivity index (χ1n) is 7.62. The molecular formula is C17H26FN3O4. The maximum atomic E-state index is 14.5. The number of nitrogens with one attached hydrogen (secondary N) is 1. The maximum Gasteiger partial charge on any atom is 0.313 e. The van der Waals surface area contributed by atoms with E-state index in [0.29, 0.717) is 32.0 Å². The molecule has 1 aliphatic rings. The SMILES string of the molecule is C.COCCOC1CN(c2cccc(COC(=O)CC(=N)N)c2F)C1. The lowest BCUT2D eigenvalue weighted by Gasteiger charge is -2.40. The van der Waals surface area contributed by atoms with Gasteiger partial charge >= 0.3 is 5.97 Å². The molecule has 0 amide bonds. The van der Waals surface area contributed by atoms with Gasteiger partial charge in [-0.25, -0.2) is 4.39 Å². The molecule has 0 aromatic heterocycles. The second kappa shape index (κ2) is 9.95. The molecule has 7 nitrogen and oxygen atoms in total. The number of ether oxygens (including phenoxy) is 3. The number of hydrogen-bond donors (Lipinski definition) is 2. The van der Waals surface area contributed by atoms with Crippen molar-refractivity contribution in [1.29, 1.82) is 5.41 Å². The number of hydrogen-bond acceptors (Lipinski definition) is 6. The van der Waals surface area contributed by atoms with E-state index in [2.05, 4.69) is 0 Å². The van der Waals surface area contributed by atoms with Crippen LogP contribution >= 0.6 is 0 Å². The molecule has 0 radical (unpaired) electrons. The number of amidine groups is 1. The molecule has 0 bridgehead atoms. The molecule has 1 aliphatic heterocycles. The molecule has 0 unspecified atom stereocenters. The Morgan fingerprint density at radius 2 is 2.12 bits per heavy atom. The van der Waals surface area contributed by atoms with E-state index < -0.39 is 11.8 Å². The number of nitrogens with two attached hydrogens (primary N) is 1. The van der Waals surface area contributed by atoms with Gasteiger partial charge in [0.2, 0.25) is 0 Å². The number of halogens is 1. The van der Waals surface area contributed by atoms with E-state index in [1.54, 1.807) is 25.3 Å². The standard InChI is InChI=1S/C16H22FN3O4.CH4/c1-22-5-6-23-12-8-20(9-12)13-4-2-3-11(16(13)17)10-24-15(21)7-14(18)19;/h2-4,12H,5-10H2,1H3,(H3,18,19);1H4. The number of carbonyl (C=O) groups is 1. The topological polar surface area (TPSA) is 97.9 Å². The van der Waals surface area contributed by atoms with E-state index >= 15 is 0 Å². The van der Waals surface area contributed by atoms with Gasteiger partial charge in [-0.15, -0.1) is 0 Å². The van der Waals surface area contributed by atoms with Crippen molar-refractivity contribution >= 4 is 17.5 Å². The zero-order valence-electron chi connectivity index (χ0n) is 13.6. The average Bonchev–Trinajstić information content (AvgIpc) is 2.48. The van der Waals surface area contributed by atoms with Gasteiger partial charge in [0.25, 0.3) is 0 Å². The molecule has 0 aliphatic carbocycles. The molecule has 3 N–H and O–H groups in total. The zero-order valence-corrected chi connectivity index (χ0v) is 13.6. The summed E-state index contributed by atoms with van der Waals surface area (Å²) in [6.07, 6.45) is -0.231. The predicted molar refractivity (Wildman–Crippen MR) is 93.3 cm³/mol. The van der Waals surface area contributed by atoms with Crippen molar-refractivity contribution in [2.45, 2.75) is 26.6 Å². The first-order valence-corrected chi connectivity index (χ1v) is 7.62. The first-order chi connectivity index (χ1) is 11.5. The third-order valence-corrected chi connectivity index (χ3v) is 3.61. The van der Waals surface area contributed by atoms with E-state index in [-0.39, 0.29) is 38.0 Å². The van der Waals surface area contributed by atoms with Crippen molar-refractivity contribution in [2.75, 3.05) is 38.3 Å². The number of anilines is 1. The molecule has 0 saturated carbocycles. The molecule has 1 aromatic rings.